The molecular formula is C15H21N3O3. The Morgan fingerprint density at radius 1 is 1.43 bits per heavy atom. The third-order valence-corrected chi connectivity index (χ3v) is 3.25. The molecule has 1 unspecified atom stereocenters. The van der Waals surface area contributed by atoms with E-state index in [4.69, 9.17) is 4.74 Å². The predicted octanol–water partition coefficient (Wildman–Crippen LogP) is 1.09. The van der Waals surface area contributed by atoms with E-state index in [0.717, 1.165) is 13.0 Å². The Morgan fingerprint density at radius 3 is 2.90 bits per heavy atom. The highest BCUT2D eigenvalue weighted by molar-refractivity contribution is 6.03. The van der Waals surface area contributed by atoms with Gasteiger partial charge in [-0.3, -0.25) is 9.59 Å². The second-order valence-corrected chi connectivity index (χ2v) is 5.34. The lowest BCUT2D eigenvalue weighted by Gasteiger charge is -2.25. The number of nitrogens with zero attached hydrogens (tertiary/aromatic N) is 1. The highest BCUT2D eigenvalue weighted by Gasteiger charge is 2.27. The van der Waals surface area contributed by atoms with E-state index in [1.54, 1.807) is 25.1 Å². The third kappa shape index (κ3) is 3.72. The Hall–Kier alpha value is -2.08. The molecule has 2 rings (SSSR count). The summed E-state index contributed by atoms with van der Waals surface area (Å²) in [4.78, 5) is 25.9. The van der Waals surface area contributed by atoms with E-state index >= 15 is 0 Å². The molecular weight excluding hydrogens is 270 g/mol. The third-order valence-electron chi connectivity index (χ3n) is 3.25. The van der Waals surface area contributed by atoms with Crippen LogP contribution in [0.25, 0.3) is 0 Å². The van der Waals surface area contributed by atoms with E-state index in [1.807, 2.05) is 14.1 Å². The first kappa shape index (κ1) is 15.3. The van der Waals surface area contributed by atoms with E-state index < -0.39 is 6.10 Å². The van der Waals surface area contributed by atoms with Gasteiger partial charge in [-0.1, -0.05) is 6.07 Å². The number of para-hydroxylation sites is 1. The van der Waals surface area contributed by atoms with Crippen molar-refractivity contribution in [2.45, 2.75) is 19.4 Å². The molecule has 0 saturated heterocycles. The average Bonchev–Trinajstić information content (AvgIpc) is 2.44. The zero-order valence-corrected chi connectivity index (χ0v) is 12.6. The van der Waals surface area contributed by atoms with Crippen LogP contribution in [0.5, 0.6) is 5.75 Å². The lowest BCUT2D eigenvalue weighted by molar-refractivity contribution is -0.122. The summed E-state index contributed by atoms with van der Waals surface area (Å²) in [6, 6.07) is 5.15. The molecule has 1 aromatic rings. The van der Waals surface area contributed by atoms with Gasteiger partial charge in [0.25, 0.3) is 11.8 Å². The summed E-state index contributed by atoms with van der Waals surface area (Å²) in [6.45, 7) is 3.17. The number of nitrogens with one attached hydrogen (secondary N) is 2. The lowest BCUT2D eigenvalue weighted by Crippen LogP contribution is -2.36. The molecule has 2 N–H and O–H groups in total. The largest absolute Gasteiger partial charge is 0.478 e. The summed E-state index contributed by atoms with van der Waals surface area (Å²) in [5.74, 6) is 0.0507. The lowest BCUT2D eigenvalue weighted by atomic mass is 10.1. The van der Waals surface area contributed by atoms with Gasteiger partial charge in [0.2, 0.25) is 0 Å². The smallest absolute Gasteiger partial charge is 0.265 e. The SMILES string of the molecule is CC1Oc2c(cccc2C(=O)NCCCN(C)C)NC1=O. The van der Waals surface area contributed by atoms with Crippen LogP contribution in [0.2, 0.25) is 0 Å². The second kappa shape index (κ2) is 6.58. The molecule has 21 heavy (non-hydrogen) atoms. The van der Waals surface area contributed by atoms with Gasteiger partial charge >= 0.3 is 0 Å². The fourth-order valence-electron chi connectivity index (χ4n) is 2.10. The number of carbonyl (C=O) groups is 2. The summed E-state index contributed by atoms with van der Waals surface area (Å²) in [6.07, 6.45) is 0.280. The molecule has 114 valence electrons. The van der Waals surface area contributed by atoms with E-state index in [9.17, 15) is 9.59 Å². The molecule has 1 heterocycles. The van der Waals surface area contributed by atoms with Gasteiger partial charge in [-0.25, -0.2) is 0 Å². The molecule has 0 spiro atoms. The minimum absolute atomic E-state index is 0.186. The minimum atomic E-state index is -0.597. The van der Waals surface area contributed by atoms with Crippen LogP contribution in [-0.4, -0.2) is 50.0 Å². The first-order valence-electron chi connectivity index (χ1n) is 7.02. The number of benzene rings is 1. The van der Waals surface area contributed by atoms with Crippen LogP contribution in [-0.2, 0) is 4.79 Å². The van der Waals surface area contributed by atoms with E-state index in [2.05, 4.69) is 15.5 Å². The Bertz CT molecular complexity index is 543. The van der Waals surface area contributed by atoms with E-state index in [-0.39, 0.29) is 11.8 Å². The van der Waals surface area contributed by atoms with E-state index in [0.29, 0.717) is 23.5 Å². The monoisotopic (exact) mass is 291 g/mol. The summed E-state index contributed by atoms with van der Waals surface area (Å²) in [5.41, 5.74) is 0.989. The van der Waals surface area contributed by atoms with Gasteiger partial charge in [0.15, 0.2) is 11.9 Å². The molecule has 0 bridgehead atoms. The summed E-state index contributed by atoms with van der Waals surface area (Å²) < 4.78 is 5.56. The van der Waals surface area contributed by atoms with Gasteiger partial charge in [-0.2, -0.15) is 0 Å². The van der Waals surface area contributed by atoms with Gasteiger partial charge in [-0.05, 0) is 46.1 Å². The fraction of sp³-hybridized carbons (Fsp3) is 0.467. The molecule has 0 saturated carbocycles. The van der Waals surface area contributed by atoms with Crippen LogP contribution in [0.3, 0.4) is 0 Å². The van der Waals surface area contributed by atoms with Crippen molar-refractivity contribution >= 4 is 17.5 Å². The highest BCUT2D eigenvalue weighted by Crippen LogP contribution is 2.33. The predicted molar refractivity (Wildman–Crippen MR) is 80.7 cm³/mol. The van der Waals surface area contributed by atoms with Crippen LogP contribution in [0.4, 0.5) is 5.69 Å². The molecule has 0 radical (unpaired) electrons. The molecule has 0 aromatic heterocycles. The number of ether oxygens (including phenoxy) is 1. The van der Waals surface area contributed by atoms with Crippen LogP contribution in [0.1, 0.15) is 23.7 Å². The number of hydrogen-bond donors (Lipinski definition) is 2. The summed E-state index contributed by atoms with van der Waals surface area (Å²) in [5, 5.41) is 5.61. The maximum Gasteiger partial charge on any atom is 0.265 e. The van der Waals surface area contributed by atoms with Gasteiger partial charge < -0.3 is 20.3 Å². The molecule has 6 heteroatoms. The number of fused-ring (bicyclic) bond motifs is 1. The quantitative estimate of drug-likeness (QED) is 0.797. The van der Waals surface area contributed by atoms with Crippen LogP contribution in [0, 0.1) is 0 Å². The van der Waals surface area contributed by atoms with Crippen LogP contribution >= 0.6 is 0 Å². The topological polar surface area (TPSA) is 70.7 Å². The van der Waals surface area contributed by atoms with Crippen molar-refractivity contribution in [3.05, 3.63) is 23.8 Å². The van der Waals surface area contributed by atoms with Crippen molar-refractivity contribution in [1.29, 1.82) is 0 Å². The number of rotatable bonds is 5. The highest BCUT2D eigenvalue weighted by atomic mass is 16.5. The van der Waals surface area contributed by atoms with Crippen LogP contribution in [0.15, 0.2) is 18.2 Å². The molecule has 6 nitrogen and oxygen atoms in total. The first-order valence-corrected chi connectivity index (χ1v) is 7.02. The van der Waals surface area contributed by atoms with Gasteiger partial charge in [0, 0.05) is 6.54 Å². The van der Waals surface area contributed by atoms with E-state index in [1.165, 1.54) is 0 Å². The Labute approximate surface area is 124 Å². The molecule has 1 aromatic carbocycles. The summed E-state index contributed by atoms with van der Waals surface area (Å²) >= 11 is 0. The summed E-state index contributed by atoms with van der Waals surface area (Å²) in [7, 11) is 3.99. The Kier molecular flexibility index (Phi) is 4.80. The number of carbonyl (C=O) groups excluding carboxylic acids is 2. The van der Waals surface area contributed by atoms with Crippen molar-refractivity contribution in [2.24, 2.45) is 0 Å². The Balaban J connectivity index is 2.05. The maximum absolute atomic E-state index is 12.2. The average molecular weight is 291 g/mol. The van der Waals surface area contributed by atoms with Crippen molar-refractivity contribution < 1.29 is 14.3 Å². The van der Waals surface area contributed by atoms with Crippen molar-refractivity contribution in [2.75, 3.05) is 32.5 Å². The van der Waals surface area contributed by atoms with Crippen LogP contribution < -0.4 is 15.4 Å². The Morgan fingerprint density at radius 2 is 2.19 bits per heavy atom. The molecule has 0 fully saturated rings. The minimum Gasteiger partial charge on any atom is -0.478 e. The van der Waals surface area contributed by atoms with Gasteiger partial charge in [0.05, 0.1) is 11.3 Å². The maximum atomic E-state index is 12.2. The standard InChI is InChI=1S/C15H21N3O3/c1-10-14(19)17-12-7-4-6-11(13(12)21-10)15(20)16-8-5-9-18(2)3/h4,6-7,10H,5,8-9H2,1-3H3,(H,16,20)(H,17,19). The van der Waals surface area contributed by atoms with Crippen molar-refractivity contribution in [3.8, 4) is 5.75 Å². The molecule has 0 aliphatic carbocycles. The zero-order chi connectivity index (χ0) is 15.4. The van der Waals surface area contributed by atoms with Gasteiger partial charge in [0.1, 0.15) is 0 Å². The molecule has 1 atom stereocenters. The van der Waals surface area contributed by atoms with Gasteiger partial charge in [-0.15, -0.1) is 0 Å². The fourth-order valence-corrected chi connectivity index (χ4v) is 2.10. The normalized spacial score (nSPS) is 17.0. The number of hydrogen-bond acceptors (Lipinski definition) is 4. The number of amides is 2. The molecule has 1 aliphatic rings. The van der Waals surface area contributed by atoms with Crippen molar-refractivity contribution in [3.63, 3.8) is 0 Å². The number of anilines is 1. The first-order chi connectivity index (χ1) is 9.99. The molecule has 1 aliphatic heterocycles. The van der Waals surface area contributed by atoms with Crippen molar-refractivity contribution in [1.82, 2.24) is 10.2 Å². The zero-order valence-electron chi connectivity index (χ0n) is 12.6. The second-order valence-electron chi connectivity index (χ2n) is 5.34. The molecule has 2 amide bonds.